The van der Waals surface area contributed by atoms with Crippen LogP contribution in [0.2, 0.25) is 0 Å². The van der Waals surface area contributed by atoms with Crippen molar-refractivity contribution in [3.63, 3.8) is 0 Å². The Morgan fingerprint density at radius 2 is 1.76 bits per heavy atom. The zero-order valence-electron chi connectivity index (χ0n) is 13.2. The lowest BCUT2D eigenvalue weighted by molar-refractivity contribution is -0.120. The lowest BCUT2D eigenvalue weighted by atomic mass is 10.1. The fourth-order valence-electron chi connectivity index (χ4n) is 2.25. The molecule has 118 valence electrons. The molecule has 0 aliphatic heterocycles. The summed E-state index contributed by atoms with van der Waals surface area (Å²) < 4.78 is 12.7. The molecule has 0 aliphatic rings. The van der Waals surface area contributed by atoms with Crippen LogP contribution in [0.4, 0.5) is 4.39 Å². The molecule has 4 heteroatoms. The summed E-state index contributed by atoms with van der Waals surface area (Å²) in [6.45, 7) is 8.42. The highest BCUT2D eigenvalue weighted by Gasteiger charge is 2.03. The molecule has 0 unspecified atom stereocenters. The smallest absolute Gasteiger partial charge is 0.224 e. The number of hydrogen-bond donors (Lipinski definition) is 1. The first-order valence-electron chi connectivity index (χ1n) is 7.89. The van der Waals surface area contributed by atoms with Crippen molar-refractivity contribution in [2.45, 2.75) is 39.5 Å². The van der Waals surface area contributed by atoms with Crippen molar-refractivity contribution in [2.24, 2.45) is 0 Å². The van der Waals surface area contributed by atoms with Gasteiger partial charge in [-0.25, -0.2) is 4.39 Å². The Morgan fingerprint density at radius 3 is 2.38 bits per heavy atom. The number of hydrogen-bond acceptors (Lipinski definition) is 2. The van der Waals surface area contributed by atoms with Crippen molar-refractivity contribution in [3.8, 4) is 0 Å². The summed E-state index contributed by atoms with van der Waals surface area (Å²) in [5.41, 5.74) is 0.843. The molecule has 0 atom stereocenters. The van der Waals surface area contributed by atoms with Crippen LogP contribution in [0.5, 0.6) is 0 Å². The van der Waals surface area contributed by atoms with E-state index in [1.165, 1.54) is 18.6 Å². The van der Waals surface area contributed by atoms with Gasteiger partial charge in [0.15, 0.2) is 0 Å². The molecule has 0 heterocycles. The van der Waals surface area contributed by atoms with E-state index < -0.39 is 0 Å². The SMILES string of the molecule is CCN(CC)CCCCCNC(=O)Cc1ccc(F)cc1. The van der Waals surface area contributed by atoms with Gasteiger partial charge in [-0.05, 0) is 50.2 Å². The number of carbonyl (C=O) groups is 1. The van der Waals surface area contributed by atoms with Crippen molar-refractivity contribution >= 4 is 5.91 Å². The zero-order chi connectivity index (χ0) is 15.5. The van der Waals surface area contributed by atoms with Crippen molar-refractivity contribution in [3.05, 3.63) is 35.6 Å². The number of rotatable bonds is 10. The highest BCUT2D eigenvalue weighted by Crippen LogP contribution is 2.03. The first kappa shape index (κ1) is 17.6. The first-order chi connectivity index (χ1) is 10.2. The van der Waals surface area contributed by atoms with Gasteiger partial charge in [0.25, 0.3) is 0 Å². The quantitative estimate of drug-likeness (QED) is 0.673. The van der Waals surface area contributed by atoms with Gasteiger partial charge in [-0.15, -0.1) is 0 Å². The molecule has 0 spiro atoms. The Labute approximate surface area is 127 Å². The molecule has 3 nitrogen and oxygen atoms in total. The van der Waals surface area contributed by atoms with Gasteiger partial charge >= 0.3 is 0 Å². The Hall–Kier alpha value is -1.42. The van der Waals surface area contributed by atoms with Gasteiger partial charge in [0.2, 0.25) is 5.91 Å². The summed E-state index contributed by atoms with van der Waals surface area (Å²) in [6, 6.07) is 6.07. The normalized spacial score (nSPS) is 10.9. The van der Waals surface area contributed by atoms with Gasteiger partial charge in [0.1, 0.15) is 5.82 Å². The van der Waals surface area contributed by atoms with Crippen LogP contribution in [-0.4, -0.2) is 37.0 Å². The summed E-state index contributed by atoms with van der Waals surface area (Å²) in [4.78, 5) is 14.1. The van der Waals surface area contributed by atoms with Crippen molar-refractivity contribution in [1.29, 1.82) is 0 Å². The summed E-state index contributed by atoms with van der Waals surface area (Å²) in [5, 5.41) is 2.92. The summed E-state index contributed by atoms with van der Waals surface area (Å²) >= 11 is 0. The predicted octanol–water partition coefficient (Wildman–Crippen LogP) is 3.00. The van der Waals surface area contributed by atoms with Crippen molar-refractivity contribution < 1.29 is 9.18 Å². The zero-order valence-corrected chi connectivity index (χ0v) is 13.2. The molecule has 0 radical (unpaired) electrons. The second-order valence-electron chi connectivity index (χ2n) is 5.24. The van der Waals surface area contributed by atoms with E-state index in [2.05, 4.69) is 24.1 Å². The number of nitrogens with zero attached hydrogens (tertiary/aromatic N) is 1. The maximum Gasteiger partial charge on any atom is 0.224 e. The fraction of sp³-hybridized carbons (Fsp3) is 0.588. The number of halogens is 1. The van der Waals surface area contributed by atoms with Gasteiger partial charge in [-0.2, -0.15) is 0 Å². The van der Waals surface area contributed by atoms with Crippen molar-refractivity contribution in [2.75, 3.05) is 26.2 Å². The maximum atomic E-state index is 12.7. The van der Waals surface area contributed by atoms with Gasteiger partial charge < -0.3 is 10.2 Å². The van der Waals surface area contributed by atoms with E-state index in [1.54, 1.807) is 12.1 Å². The Bertz CT molecular complexity index is 402. The van der Waals surface area contributed by atoms with E-state index in [9.17, 15) is 9.18 Å². The summed E-state index contributed by atoms with van der Waals surface area (Å²) in [5.74, 6) is -0.266. The number of nitrogens with one attached hydrogen (secondary N) is 1. The average Bonchev–Trinajstić information content (AvgIpc) is 2.49. The van der Waals surface area contributed by atoms with E-state index in [0.717, 1.165) is 44.6 Å². The predicted molar refractivity (Wildman–Crippen MR) is 84.8 cm³/mol. The largest absolute Gasteiger partial charge is 0.356 e. The lowest BCUT2D eigenvalue weighted by Crippen LogP contribution is -2.26. The van der Waals surface area contributed by atoms with Gasteiger partial charge in [0.05, 0.1) is 6.42 Å². The second-order valence-corrected chi connectivity index (χ2v) is 5.24. The Balaban J connectivity index is 2.07. The van der Waals surface area contributed by atoms with Crippen LogP contribution in [0.25, 0.3) is 0 Å². The lowest BCUT2D eigenvalue weighted by Gasteiger charge is -2.17. The third-order valence-corrected chi connectivity index (χ3v) is 3.65. The third kappa shape index (κ3) is 7.81. The van der Waals surface area contributed by atoms with E-state index >= 15 is 0 Å². The minimum Gasteiger partial charge on any atom is -0.356 e. The molecule has 0 aromatic heterocycles. The van der Waals surface area contributed by atoms with Crippen LogP contribution in [0.3, 0.4) is 0 Å². The number of unbranched alkanes of at least 4 members (excludes halogenated alkanes) is 2. The molecule has 0 saturated heterocycles. The molecule has 0 fully saturated rings. The molecule has 0 bridgehead atoms. The minimum absolute atomic E-state index is 0.00495. The number of carbonyl (C=O) groups excluding carboxylic acids is 1. The van der Waals surface area contributed by atoms with Gasteiger partial charge in [0, 0.05) is 6.54 Å². The molecular weight excluding hydrogens is 267 g/mol. The molecular formula is C17H27FN2O. The third-order valence-electron chi connectivity index (χ3n) is 3.65. The molecule has 21 heavy (non-hydrogen) atoms. The van der Waals surface area contributed by atoms with Crippen LogP contribution in [0.15, 0.2) is 24.3 Å². The monoisotopic (exact) mass is 294 g/mol. The van der Waals surface area contributed by atoms with Crippen LogP contribution < -0.4 is 5.32 Å². The van der Waals surface area contributed by atoms with Crippen molar-refractivity contribution in [1.82, 2.24) is 10.2 Å². The Morgan fingerprint density at radius 1 is 1.10 bits per heavy atom. The molecule has 1 amide bonds. The number of benzene rings is 1. The highest BCUT2D eigenvalue weighted by atomic mass is 19.1. The number of amides is 1. The topological polar surface area (TPSA) is 32.3 Å². The fourth-order valence-corrected chi connectivity index (χ4v) is 2.25. The summed E-state index contributed by atoms with van der Waals surface area (Å²) in [7, 11) is 0. The van der Waals surface area contributed by atoms with Crippen LogP contribution in [-0.2, 0) is 11.2 Å². The maximum absolute atomic E-state index is 12.7. The molecule has 1 aromatic carbocycles. The van der Waals surface area contributed by atoms with E-state index in [0.29, 0.717) is 6.42 Å². The van der Waals surface area contributed by atoms with E-state index in [1.807, 2.05) is 0 Å². The summed E-state index contributed by atoms with van der Waals surface area (Å²) in [6.07, 6.45) is 3.64. The highest BCUT2D eigenvalue weighted by molar-refractivity contribution is 5.78. The molecule has 1 aromatic rings. The molecule has 1 N–H and O–H groups in total. The molecule has 0 saturated carbocycles. The van der Waals surface area contributed by atoms with E-state index in [-0.39, 0.29) is 11.7 Å². The van der Waals surface area contributed by atoms with Crippen LogP contribution >= 0.6 is 0 Å². The Kier molecular flexibility index (Phi) is 8.67. The van der Waals surface area contributed by atoms with Crippen LogP contribution in [0.1, 0.15) is 38.7 Å². The van der Waals surface area contributed by atoms with Crippen LogP contribution in [0, 0.1) is 5.82 Å². The second kappa shape index (κ2) is 10.3. The van der Waals surface area contributed by atoms with Gasteiger partial charge in [-0.3, -0.25) is 4.79 Å². The van der Waals surface area contributed by atoms with Gasteiger partial charge in [-0.1, -0.05) is 32.4 Å². The molecule has 0 aliphatic carbocycles. The first-order valence-corrected chi connectivity index (χ1v) is 7.89. The minimum atomic E-state index is -0.271. The molecule has 1 rings (SSSR count). The standard InChI is InChI=1S/C17H27FN2O/c1-3-20(4-2)13-7-5-6-12-19-17(21)14-15-8-10-16(18)11-9-15/h8-11H,3-7,12-14H2,1-2H3,(H,19,21). The average molecular weight is 294 g/mol. The van der Waals surface area contributed by atoms with E-state index in [4.69, 9.17) is 0 Å².